The topological polar surface area (TPSA) is 17.1 Å². The molecule has 2 rings (SSSR count). The maximum atomic E-state index is 12.6. The summed E-state index contributed by atoms with van der Waals surface area (Å²) < 4.78 is 0. The summed E-state index contributed by atoms with van der Waals surface area (Å²) in [5.41, 5.74) is 3.94. The van der Waals surface area contributed by atoms with E-state index in [1.807, 2.05) is 6.92 Å². The van der Waals surface area contributed by atoms with Gasteiger partial charge in [0.25, 0.3) is 0 Å². The number of Topliss-reactive ketones (excluding diaryl/α,β-unsaturated/α-hetero) is 1. The van der Waals surface area contributed by atoms with Crippen molar-refractivity contribution in [3.8, 4) is 0 Å². The number of hydrogen-bond acceptors (Lipinski definition) is 1. The van der Waals surface area contributed by atoms with Crippen molar-refractivity contribution in [1.29, 1.82) is 0 Å². The second-order valence-corrected chi connectivity index (χ2v) is 7.51. The lowest BCUT2D eigenvalue weighted by molar-refractivity contribution is -0.117. The molecule has 0 N–H and O–H groups in total. The predicted molar refractivity (Wildman–Crippen MR) is 90.1 cm³/mol. The monoisotopic (exact) mass is 286 g/mol. The van der Waals surface area contributed by atoms with Gasteiger partial charge in [-0.15, -0.1) is 0 Å². The molecule has 2 atom stereocenters. The first-order valence-corrected chi connectivity index (χ1v) is 8.39. The molecule has 0 amide bonds. The van der Waals surface area contributed by atoms with Crippen LogP contribution < -0.4 is 0 Å². The Morgan fingerprint density at radius 2 is 1.90 bits per heavy atom. The fourth-order valence-electron chi connectivity index (χ4n) is 4.06. The number of rotatable bonds is 1. The van der Waals surface area contributed by atoms with Gasteiger partial charge in [-0.25, -0.2) is 0 Å². The van der Waals surface area contributed by atoms with E-state index >= 15 is 0 Å². The quantitative estimate of drug-likeness (QED) is 0.571. The molecule has 1 heteroatoms. The van der Waals surface area contributed by atoms with Crippen molar-refractivity contribution in [2.45, 2.75) is 66.7 Å². The minimum absolute atomic E-state index is 0.0431. The lowest BCUT2D eigenvalue weighted by atomic mass is 9.66. The van der Waals surface area contributed by atoms with Crippen molar-refractivity contribution >= 4 is 5.78 Å². The number of carbonyl (C=O) groups excluding carboxylic acids is 1. The van der Waals surface area contributed by atoms with Gasteiger partial charge >= 0.3 is 0 Å². The van der Waals surface area contributed by atoms with E-state index in [0.29, 0.717) is 24.0 Å². The van der Waals surface area contributed by atoms with Gasteiger partial charge < -0.3 is 0 Å². The highest BCUT2D eigenvalue weighted by atomic mass is 16.1. The van der Waals surface area contributed by atoms with Crippen LogP contribution >= 0.6 is 0 Å². The zero-order chi connectivity index (χ0) is 15.6. The zero-order valence-corrected chi connectivity index (χ0v) is 14.3. The van der Waals surface area contributed by atoms with Crippen molar-refractivity contribution in [3.05, 3.63) is 34.9 Å². The maximum Gasteiger partial charge on any atom is 0.159 e. The van der Waals surface area contributed by atoms with E-state index in [1.54, 1.807) is 0 Å². The number of hydrogen-bond donors (Lipinski definition) is 0. The van der Waals surface area contributed by atoms with Crippen LogP contribution in [0.5, 0.6) is 0 Å². The molecular formula is C20H30O. The minimum atomic E-state index is 0.0431. The van der Waals surface area contributed by atoms with Crippen molar-refractivity contribution < 1.29 is 4.79 Å². The summed E-state index contributed by atoms with van der Waals surface area (Å²) in [6.07, 6.45) is 11.8. The van der Waals surface area contributed by atoms with Gasteiger partial charge in [-0.05, 0) is 62.4 Å². The summed E-state index contributed by atoms with van der Waals surface area (Å²) in [4.78, 5) is 12.6. The molecule has 0 aromatic carbocycles. The van der Waals surface area contributed by atoms with Gasteiger partial charge in [0.2, 0.25) is 0 Å². The maximum absolute atomic E-state index is 12.6. The number of allylic oxidation sites excluding steroid dienone is 6. The van der Waals surface area contributed by atoms with Crippen molar-refractivity contribution in [3.63, 3.8) is 0 Å². The molecule has 0 fully saturated rings. The molecule has 0 saturated carbocycles. The molecule has 2 aliphatic rings. The Kier molecular flexibility index (Phi) is 4.91. The largest absolute Gasteiger partial charge is 0.295 e. The Bertz CT molecular complexity index is 504. The van der Waals surface area contributed by atoms with Crippen molar-refractivity contribution in [1.82, 2.24) is 0 Å². The van der Waals surface area contributed by atoms with Gasteiger partial charge in [0, 0.05) is 6.42 Å². The molecule has 0 bridgehead atoms. The fraction of sp³-hybridized carbons (Fsp3) is 0.650. The lowest BCUT2D eigenvalue weighted by Crippen LogP contribution is -2.32. The average molecular weight is 286 g/mol. The summed E-state index contributed by atoms with van der Waals surface area (Å²) >= 11 is 0. The molecule has 0 aromatic rings. The van der Waals surface area contributed by atoms with Crippen LogP contribution in [0.1, 0.15) is 66.7 Å². The van der Waals surface area contributed by atoms with Crippen LogP contribution in [-0.4, -0.2) is 5.78 Å². The van der Waals surface area contributed by atoms with E-state index in [4.69, 9.17) is 0 Å². The van der Waals surface area contributed by atoms with Gasteiger partial charge in [-0.2, -0.15) is 0 Å². The Hall–Kier alpha value is -1.11. The first-order valence-electron chi connectivity index (χ1n) is 8.39. The van der Waals surface area contributed by atoms with Crippen molar-refractivity contribution in [2.24, 2.45) is 17.3 Å². The summed E-state index contributed by atoms with van der Waals surface area (Å²) in [6, 6.07) is 0. The molecule has 0 saturated heterocycles. The van der Waals surface area contributed by atoms with Crippen LogP contribution in [0.3, 0.4) is 0 Å². The van der Waals surface area contributed by atoms with Gasteiger partial charge in [-0.3, -0.25) is 4.79 Å². The molecule has 0 aromatic heterocycles. The summed E-state index contributed by atoms with van der Waals surface area (Å²) in [7, 11) is 0. The number of fused-ring (bicyclic) bond motifs is 1. The third-order valence-corrected chi connectivity index (χ3v) is 5.60. The van der Waals surface area contributed by atoms with Gasteiger partial charge in [-0.1, -0.05) is 50.1 Å². The van der Waals surface area contributed by atoms with E-state index in [0.717, 1.165) is 31.3 Å². The first-order chi connectivity index (χ1) is 9.84. The second kappa shape index (κ2) is 6.34. The van der Waals surface area contributed by atoms with E-state index < -0.39 is 0 Å². The Labute approximate surface area is 130 Å². The summed E-state index contributed by atoms with van der Waals surface area (Å²) in [6.45, 7) is 11.1. The number of ketones is 1. The van der Waals surface area contributed by atoms with Crippen LogP contribution in [0.15, 0.2) is 34.9 Å². The third kappa shape index (κ3) is 3.39. The number of carbonyl (C=O) groups is 1. The molecule has 0 radical (unpaired) electrons. The Morgan fingerprint density at radius 3 is 2.57 bits per heavy atom. The summed E-state index contributed by atoms with van der Waals surface area (Å²) in [5.74, 6) is 1.56. The second-order valence-electron chi connectivity index (χ2n) is 7.51. The molecule has 2 aliphatic carbocycles. The Balaban J connectivity index is 2.38. The standard InChI is InChI=1S/C20H30O/c1-14(2)18-12-11-17-10-9-15(3)7-6-8-16(4)19(21)13-20(17,18)5/h8-9,11,14,18H,6-7,10,12-13H2,1-5H3. The van der Waals surface area contributed by atoms with Gasteiger partial charge in [0.15, 0.2) is 5.78 Å². The smallest absolute Gasteiger partial charge is 0.159 e. The first kappa shape index (κ1) is 16.3. The summed E-state index contributed by atoms with van der Waals surface area (Å²) in [5, 5.41) is 0. The van der Waals surface area contributed by atoms with E-state index in [2.05, 4.69) is 45.9 Å². The van der Waals surface area contributed by atoms with Crippen LogP contribution in [0, 0.1) is 17.3 Å². The molecule has 0 aliphatic heterocycles. The molecule has 116 valence electrons. The molecule has 1 nitrogen and oxygen atoms in total. The van der Waals surface area contributed by atoms with Crippen LogP contribution in [0.4, 0.5) is 0 Å². The molecule has 2 unspecified atom stereocenters. The van der Waals surface area contributed by atoms with Gasteiger partial charge in [0.05, 0.1) is 0 Å². The molecule has 21 heavy (non-hydrogen) atoms. The van der Waals surface area contributed by atoms with Crippen molar-refractivity contribution in [2.75, 3.05) is 0 Å². The van der Waals surface area contributed by atoms with E-state index in [-0.39, 0.29) is 5.41 Å². The fourth-order valence-corrected chi connectivity index (χ4v) is 4.06. The molecule has 0 spiro atoms. The minimum Gasteiger partial charge on any atom is -0.295 e. The van der Waals surface area contributed by atoms with E-state index in [9.17, 15) is 4.79 Å². The zero-order valence-electron chi connectivity index (χ0n) is 14.3. The molecule has 0 heterocycles. The Morgan fingerprint density at radius 1 is 1.19 bits per heavy atom. The van der Waals surface area contributed by atoms with Crippen LogP contribution in [0.2, 0.25) is 0 Å². The lowest BCUT2D eigenvalue weighted by Gasteiger charge is -2.37. The van der Waals surface area contributed by atoms with Crippen LogP contribution in [-0.2, 0) is 4.79 Å². The normalized spacial score (nSPS) is 31.2. The van der Waals surface area contributed by atoms with Gasteiger partial charge in [0.1, 0.15) is 0 Å². The third-order valence-electron chi connectivity index (χ3n) is 5.60. The average Bonchev–Trinajstić information content (AvgIpc) is 2.71. The predicted octanol–water partition coefficient (Wildman–Crippen LogP) is 5.63. The highest BCUT2D eigenvalue weighted by Gasteiger charge is 2.43. The highest BCUT2D eigenvalue weighted by molar-refractivity contribution is 5.95. The van der Waals surface area contributed by atoms with E-state index in [1.165, 1.54) is 11.1 Å². The highest BCUT2D eigenvalue weighted by Crippen LogP contribution is 2.51. The van der Waals surface area contributed by atoms with Crippen LogP contribution in [0.25, 0.3) is 0 Å². The SMILES string of the molecule is CC1=CCC2=CCC(C(C)C)C2(C)CC(=O)C(C)=CCC1. The molecular weight excluding hydrogens is 256 g/mol.